The van der Waals surface area contributed by atoms with Crippen molar-refractivity contribution >= 4 is 5.97 Å². The molecule has 1 saturated heterocycles. The van der Waals surface area contributed by atoms with Gasteiger partial charge in [-0.3, -0.25) is 4.90 Å². The second-order valence-electron chi connectivity index (χ2n) is 3.58. The lowest BCUT2D eigenvalue weighted by Gasteiger charge is -2.27. The highest BCUT2D eigenvalue weighted by molar-refractivity contribution is 5.84. The number of rotatable bonds is 1. The summed E-state index contributed by atoms with van der Waals surface area (Å²) in [4.78, 5) is 13.5. The van der Waals surface area contributed by atoms with Crippen LogP contribution in [0.1, 0.15) is 6.42 Å². The number of esters is 1. The Morgan fingerprint density at radius 1 is 1.77 bits per heavy atom. The summed E-state index contributed by atoms with van der Waals surface area (Å²) in [6.45, 7) is 1.29. The molecule has 4 heteroatoms. The van der Waals surface area contributed by atoms with Crippen molar-refractivity contribution < 1.29 is 14.6 Å². The Hall–Kier alpha value is -0.870. The molecule has 0 aromatic carbocycles. The summed E-state index contributed by atoms with van der Waals surface area (Å²) in [5.74, 6) is -0.266. The van der Waals surface area contributed by atoms with Gasteiger partial charge in [0, 0.05) is 19.5 Å². The number of aliphatic hydroxyl groups is 1. The van der Waals surface area contributed by atoms with Crippen LogP contribution in [-0.4, -0.2) is 47.8 Å². The molecule has 1 fully saturated rings. The molecule has 0 aromatic heterocycles. The lowest BCUT2D eigenvalue weighted by Crippen LogP contribution is -2.46. The first-order valence-electron chi connectivity index (χ1n) is 4.38. The average molecular weight is 183 g/mol. The molecule has 0 radical (unpaired) electrons. The van der Waals surface area contributed by atoms with Crippen LogP contribution in [-0.2, 0) is 9.53 Å². The van der Waals surface area contributed by atoms with Crippen LogP contribution in [0.5, 0.6) is 0 Å². The van der Waals surface area contributed by atoms with E-state index in [0.29, 0.717) is 13.0 Å². The van der Waals surface area contributed by atoms with E-state index < -0.39 is 11.6 Å². The first kappa shape index (κ1) is 8.72. The molecule has 1 unspecified atom stereocenters. The number of carbonyl (C=O) groups excluding carboxylic acids is 1. The van der Waals surface area contributed by atoms with Crippen LogP contribution < -0.4 is 0 Å². The van der Waals surface area contributed by atoms with E-state index in [1.54, 1.807) is 0 Å². The highest BCUT2D eigenvalue weighted by Gasteiger charge is 2.51. The number of carbonyl (C=O) groups is 1. The summed E-state index contributed by atoms with van der Waals surface area (Å²) in [6.07, 6.45) is 3.83. The van der Waals surface area contributed by atoms with Gasteiger partial charge in [0.25, 0.3) is 0 Å². The van der Waals surface area contributed by atoms with E-state index in [4.69, 9.17) is 4.74 Å². The number of hydrogen-bond donors (Lipinski definition) is 1. The van der Waals surface area contributed by atoms with E-state index in [-0.39, 0.29) is 5.97 Å². The number of methoxy groups -OCH3 is 1. The van der Waals surface area contributed by atoms with E-state index in [2.05, 4.69) is 0 Å². The molecule has 1 N–H and O–H groups in total. The first-order valence-corrected chi connectivity index (χ1v) is 4.38. The summed E-state index contributed by atoms with van der Waals surface area (Å²) in [7, 11) is 1.38. The number of aliphatic hydroxyl groups excluding tert-OH is 1. The third-order valence-electron chi connectivity index (χ3n) is 2.80. The van der Waals surface area contributed by atoms with E-state index in [0.717, 1.165) is 6.54 Å². The number of nitrogens with zero attached hydrogens (tertiary/aromatic N) is 1. The van der Waals surface area contributed by atoms with Gasteiger partial charge in [-0.05, 0) is 0 Å². The molecule has 2 atom stereocenters. The van der Waals surface area contributed by atoms with Gasteiger partial charge in [0.15, 0.2) is 0 Å². The number of ether oxygens (including phenoxy) is 1. The fraction of sp³-hybridized carbons (Fsp3) is 0.667. The van der Waals surface area contributed by atoms with Crippen LogP contribution in [0.15, 0.2) is 12.2 Å². The van der Waals surface area contributed by atoms with Crippen LogP contribution in [0.2, 0.25) is 0 Å². The zero-order valence-electron chi connectivity index (χ0n) is 7.56. The van der Waals surface area contributed by atoms with Gasteiger partial charge >= 0.3 is 5.97 Å². The van der Waals surface area contributed by atoms with Gasteiger partial charge in [-0.25, -0.2) is 4.79 Å². The fourth-order valence-corrected chi connectivity index (χ4v) is 2.21. The molecule has 0 aromatic rings. The van der Waals surface area contributed by atoms with Crippen LogP contribution in [0, 0.1) is 0 Å². The van der Waals surface area contributed by atoms with Crippen molar-refractivity contribution in [2.24, 2.45) is 0 Å². The molecule has 0 spiro atoms. The van der Waals surface area contributed by atoms with Crippen LogP contribution in [0.3, 0.4) is 0 Å². The van der Waals surface area contributed by atoms with Gasteiger partial charge in [0.1, 0.15) is 5.54 Å². The van der Waals surface area contributed by atoms with Gasteiger partial charge in [0.2, 0.25) is 0 Å². The highest BCUT2D eigenvalue weighted by Crippen LogP contribution is 2.35. The highest BCUT2D eigenvalue weighted by atomic mass is 16.5. The predicted molar refractivity (Wildman–Crippen MR) is 46.1 cm³/mol. The molecule has 0 amide bonds. The SMILES string of the molecule is COC(=O)C12C=CCN1C[C@@H](O)C2. The number of hydrogen-bond acceptors (Lipinski definition) is 4. The largest absolute Gasteiger partial charge is 0.467 e. The summed E-state index contributed by atoms with van der Waals surface area (Å²) >= 11 is 0. The van der Waals surface area contributed by atoms with Crippen molar-refractivity contribution in [3.05, 3.63) is 12.2 Å². The minimum Gasteiger partial charge on any atom is -0.467 e. The molecule has 2 rings (SSSR count). The topological polar surface area (TPSA) is 49.8 Å². The summed E-state index contributed by atoms with van der Waals surface area (Å²) in [5.41, 5.74) is -0.672. The Kier molecular flexibility index (Phi) is 1.89. The lowest BCUT2D eigenvalue weighted by molar-refractivity contribution is -0.149. The smallest absolute Gasteiger partial charge is 0.330 e. The van der Waals surface area contributed by atoms with Crippen LogP contribution >= 0.6 is 0 Å². The summed E-state index contributed by atoms with van der Waals surface area (Å²) in [6, 6.07) is 0. The number of β-amino-alcohol motifs (C(OH)–C–C–N with tert-alkyl or cyclic N) is 1. The molecule has 2 aliphatic heterocycles. The minimum atomic E-state index is -0.672. The molecule has 72 valence electrons. The van der Waals surface area contributed by atoms with Crippen LogP contribution in [0.25, 0.3) is 0 Å². The summed E-state index contributed by atoms with van der Waals surface area (Å²) in [5, 5.41) is 9.46. The zero-order chi connectivity index (χ0) is 9.47. The van der Waals surface area contributed by atoms with E-state index in [1.165, 1.54) is 7.11 Å². The van der Waals surface area contributed by atoms with Gasteiger partial charge in [-0.1, -0.05) is 12.2 Å². The van der Waals surface area contributed by atoms with Crippen molar-refractivity contribution in [3.63, 3.8) is 0 Å². The van der Waals surface area contributed by atoms with Gasteiger partial charge in [0.05, 0.1) is 13.2 Å². The summed E-state index contributed by atoms with van der Waals surface area (Å²) < 4.78 is 4.74. The molecular formula is C9H13NO3. The molecule has 0 aliphatic carbocycles. The Bertz CT molecular complexity index is 264. The fourth-order valence-electron chi connectivity index (χ4n) is 2.21. The second kappa shape index (κ2) is 2.82. The van der Waals surface area contributed by atoms with E-state index >= 15 is 0 Å². The maximum atomic E-state index is 11.5. The van der Waals surface area contributed by atoms with Crippen molar-refractivity contribution in [1.29, 1.82) is 0 Å². The molecular weight excluding hydrogens is 170 g/mol. The van der Waals surface area contributed by atoms with E-state index in [9.17, 15) is 9.90 Å². The lowest BCUT2D eigenvalue weighted by atomic mass is 9.97. The molecule has 0 saturated carbocycles. The standard InChI is InChI=1S/C9H13NO3/c1-13-8(12)9-3-2-4-10(9)6-7(11)5-9/h2-3,7,11H,4-6H2,1H3/t7-,9?/m0/s1. The monoisotopic (exact) mass is 183 g/mol. The van der Waals surface area contributed by atoms with Crippen molar-refractivity contribution in [3.8, 4) is 0 Å². The molecule has 2 aliphatic rings. The van der Waals surface area contributed by atoms with Gasteiger partial charge in [-0.2, -0.15) is 0 Å². The Labute approximate surface area is 76.8 Å². The Morgan fingerprint density at radius 3 is 3.23 bits per heavy atom. The van der Waals surface area contributed by atoms with Crippen molar-refractivity contribution in [1.82, 2.24) is 4.90 Å². The third kappa shape index (κ3) is 1.09. The normalized spacial score (nSPS) is 37.8. The van der Waals surface area contributed by atoms with Crippen LogP contribution in [0.4, 0.5) is 0 Å². The van der Waals surface area contributed by atoms with Gasteiger partial charge < -0.3 is 9.84 Å². The predicted octanol–water partition coefficient (Wildman–Crippen LogP) is -0.465. The Balaban J connectivity index is 2.28. The molecule has 2 heterocycles. The second-order valence-corrected chi connectivity index (χ2v) is 3.58. The average Bonchev–Trinajstić information content (AvgIpc) is 2.59. The maximum Gasteiger partial charge on any atom is 0.330 e. The molecule has 0 bridgehead atoms. The Morgan fingerprint density at radius 2 is 2.54 bits per heavy atom. The van der Waals surface area contributed by atoms with Crippen molar-refractivity contribution in [2.75, 3.05) is 20.2 Å². The first-order chi connectivity index (χ1) is 6.19. The third-order valence-corrected chi connectivity index (χ3v) is 2.80. The zero-order valence-corrected chi connectivity index (χ0v) is 7.56. The number of fused-ring (bicyclic) bond motifs is 1. The molecule has 4 nitrogen and oxygen atoms in total. The maximum absolute atomic E-state index is 11.5. The van der Waals surface area contributed by atoms with Gasteiger partial charge in [-0.15, -0.1) is 0 Å². The minimum absolute atomic E-state index is 0.266. The van der Waals surface area contributed by atoms with E-state index in [1.807, 2.05) is 17.1 Å². The quantitative estimate of drug-likeness (QED) is 0.441. The van der Waals surface area contributed by atoms with Crippen molar-refractivity contribution in [2.45, 2.75) is 18.1 Å². The molecule has 13 heavy (non-hydrogen) atoms.